The van der Waals surface area contributed by atoms with E-state index in [4.69, 9.17) is 9.57 Å². The standard InChI is InChI=1S/C38H71N3O8/c1-6-8-10-12-14-16-18-20-24-32(43)30-40(29-31(42)23-19-17-15-13-11-9-7-2)28-22-21-25-33(39-37(47)48-38(3,4)5)36(46)49-41-34(44)26-27-35(41)45/h31-33,42-43H,6-30H2,1-5H3,(H,39,47)/t31-,32-,33-/m0/s1. The number of nitrogens with zero attached hydrogens (tertiary/aromatic N) is 2. The lowest BCUT2D eigenvalue weighted by Crippen LogP contribution is -2.47. The van der Waals surface area contributed by atoms with E-state index in [-0.39, 0.29) is 19.3 Å². The van der Waals surface area contributed by atoms with E-state index in [1.807, 2.05) is 0 Å². The monoisotopic (exact) mass is 698 g/mol. The highest BCUT2D eigenvalue weighted by Gasteiger charge is 2.35. The molecule has 0 saturated carbocycles. The van der Waals surface area contributed by atoms with Gasteiger partial charge in [-0.2, -0.15) is 0 Å². The molecule has 0 radical (unpaired) electrons. The highest BCUT2D eigenvalue weighted by atomic mass is 16.7. The molecule has 1 rings (SSSR count). The first-order valence-electron chi connectivity index (χ1n) is 19.5. The van der Waals surface area contributed by atoms with Gasteiger partial charge in [0.15, 0.2) is 0 Å². The summed E-state index contributed by atoms with van der Waals surface area (Å²) in [6.07, 6.45) is 18.9. The minimum absolute atomic E-state index is 0.0260. The Bertz CT molecular complexity index is 909. The first-order valence-corrected chi connectivity index (χ1v) is 19.5. The Kier molecular flexibility index (Phi) is 24.3. The molecule has 3 atom stereocenters. The Morgan fingerprint density at radius 3 is 1.59 bits per heavy atom. The molecule has 0 aliphatic carbocycles. The maximum absolute atomic E-state index is 13.0. The van der Waals surface area contributed by atoms with E-state index in [9.17, 15) is 29.4 Å². The number of hydrogen-bond acceptors (Lipinski definition) is 9. The summed E-state index contributed by atoms with van der Waals surface area (Å²) >= 11 is 0. The summed E-state index contributed by atoms with van der Waals surface area (Å²) in [5.74, 6) is -2.09. The van der Waals surface area contributed by atoms with Crippen molar-refractivity contribution in [2.45, 2.75) is 200 Å². The zero-order chi connectivity index (χ0) is 36.5. The second-order valence-electron chi connectivity index (χ2n) is 14.9. The average molecular weight is 698 g/mol. The smallest absolute Gasteiger partial charge is 0.408 e. The molecule has 3 amide bonds. The topological polar surface area (TPSA) is 146 Å². The lowest BCUT2D eigenvalue weighted by Gasteiger charge is -2.28. The fourth-order valence-electron chi connectivity index (χ4n) is 6.08. The van der Waals surface area contributed by atoms with Gasteiger partial charge in [-0.3, -0.25) is 14.5 Å². The quantitative estimate of drug-likeness (QED) is 0.0539. The van der Waals surface area contributed by atoms with Crippen molar-refractivity contribution in [2.24, 2.45) is 0 Å². The molecule has 286 valence electrons. The van der Waals surface area contributed by atoms with E-state index in [0.717, 1.165) is 38.5 Å². The van der Waals surface area contributed by atoms with Crippen LogP contribution in [0.15, 0.2) is 0 Å². The number of aliphatic hydroxyl groups is 2. The minimum Gasteiger partial charge on any atom is -0.444 e. The molecule has 0 aromatic carbocycles. The number of alkyl carbamates (subject to hydrolysis) is 1. The molecular formula is C38H71N3O8. The van der Waals surface area contributed by atoms with Gasteiger partial charge in [0, 0.05) is 25.9 Å². The molecule has 0 aromatic rings. The van der Waals surface area contributed by atoms with Gasteiger partial charge in [-0.25, -0.2) is 9.59 Å². The molecule has 11 nitrogen and oxygen atoms in total. The van der Waals surface area contributed by atoms with Crippen LogP contribution in [0.4, 0.5) is 4.79 Å². The van der Waals surface area contributed by atoms with Crippen molar-refractivity contribution in [3.05, 3.63) is 0 Å². The maximum atomic E-state index is 13.0. The third kappa shape index (κ3) is 23.0. The maximum Gasteiger partial charge on any atom is 0.408 e. The molecule has 0 spiro atoms. The first-order chi connectivity index (χ1) is 23.4. The van der Waals surface area contributed by atoms with Crippen LogP contribution in [0.2, 0.25) is 0 Å². The third-order valence-corrected chi connectivity index (χ3v) is 8.85. The van der Waals surface area contributed by atoms with Gasteiger partial charge in [-0.05, 0) is 59.4 Å². The molecule has 3 N–H and O–H groups in total. The van der Waals surface area contributed by atoms with Crippen molar-refractivity contribution in [3.63, 3.8) is 0 Å². The van der Waals surface area contributed by atoms with Crippen molar-refractivity contribution < 1.29 is 39.0 Å². The van der Waals surface area contributed by atoms with E-state index >= 15 is 0 Å². The van der Waals surface area contributed by atoms with Crippen molar-refractivity contribution >= 4 is 23.9 Å². The molecule has 1 aliphatic rings. The second-order valence-corrected chi connectivity index (χ2v) is 14.9. The van der Waals surface area contributed by atoms with Crippen molar-refractivity contribution in [1.82, 2.24) is 15.3 Å². The summed E-state index contributed by atoms with van der Waals surface area (Å²) < 4.78 is 5.33. The van der Waals surface area contributed by atoms with Crippen LogP contribution >= 0.6 is 0 Å². The van der Waals surface area contributed by atoms with E-state index in [1.54, 1.807) is 20.8 Å². The third-order valence-electron chi connectivity index (χ3n) is 8.85. The molecule has 0 bridgehead atoms. The molecular weight excluding hydrogens is 626 g/mol. The van der Waals surface area contributed by atoms with Gasteiger partial charge in [0.05, 0.1) is 12.2 Å². The number of unbranched alkanes of at least 4 members (excludes halogenated alkanes) is 14. The van der Waals surface area contributed by atoms with Crippen LogP contribution in [0.5, 0.6) is 0 Å². The molecule has 0 aromatic heterocycles. The molecule has 11 heteroatoms. The SMILES string of the molecule is CCCCCCCCCC[C@H](O)CN(CCCC[C@H](NC(=O)OC(C)(C)C)C(=O)ON1C(=O)CCC1=O)C[C@@H](O)CCCCCCCCC. The summed E-state index contributed by atoms with van der Waals surface area (Å²) in [6.45, 7) is 11.1. The number of nitrogens with one attached hydrogen (secondary N) is 1. The molecule has 1 fully saturated rings. The Hall–Kier alpha value is -2.24. The van der Waals surface area contributed by atoms with Crippen LogP contribution in [0.25, 0.3) is 0 Å². The Morgan fingerprint density at radius 2 is 1.14 bits per heavy atom. The van der Waals surface area contributed by atoms with Gasteiger partial charge in [-0.15, -0.1) is 5.06 Å². The van der Waals surface area contributed by atoms with Gasteiger partial charge < -0.3 is 25.1 Å². The minimum atomic E-state index is -1.13. The molecule has 1 aliphatic heterocycles. The van der Waals surface area contributed by atoms with Crippen LogP contribution in [0.1, 0.15) is 176 Å². The first kappa shape index (κ1) is 44.8. The lowest BCUT2D eigenvalue weighted by atomic mass is 10.0. The van der Waals surface area contributed by atoms with Crippen molar-refractivity contribution in [1.29, 1.82) is 0 Å². The number of rotatable bonds is 29. The van der Waals surface area contributed by atoms with Gasteiger partial charge in [0.2, 0.25) is 0 Å². The van der Waals surface area contributed by atoms with Crippen molar-refractivity contribution in [3.8, 4) is 0 Å². The molecule has 1 saturated heterocycles. The molecule has 0 unspecified atom stereocenters. The van der Waals surface area contributed by atoms with E-state index in [0.29, 0.717) is 37.5 Å². The number of carbonyl (C=O) groups excluding carboxylic acids is 4. The number of amides is 3. The van der Waals surface area contributed by atoms with E-state index < -0.39 is 47.7 Å². The number of ether oxygens (including phenoxy) is 1. The molecule has 1 heterocycles. The van der Waals surface area contributed by atoms with Crippen LogP contribution in [-0.4, -0.2) is 87.5 Å². The summed E-state index contributed by atoms with van der Waals surface area (Å²) in [7, 11) is 0. The van der Waals surface area contributed by atoms with Crippen LogP contribution < -0.4 is 5.32 Å². The zero-order valence-electron chi connectivity index (χ0n) is 31.6. The Labute approximate surface area is 297 Å². The Morgan fingerprint density at radius 1 is 0.714 bits per heavy atom. The predicted molar refractivity (Wildman–Crippen MR) is 192 cm³/mol. The summed E-state index contributed by atoms with van der Waals surface area (Å²) in [5.41, 5.74) is -0.786. The number of imide groups is 1. The number of aliphatic hydroxyl groups excluding tert-OH is 2. The van der Waals surface area contributed by atoms with E-state index in [1.165, 1.54) is 70.6 Å². The zero-order valence-corrected chi connectivity index (χ0v) is 31.6. The van der Waals surface area contributed by atoms with Crippen LogP contribution in [-0.2, 0) is 24.0 Å². The predicted octanol–water partition coefficient (Wildman–Crippen LogP) is 7.35. The second kappa shape index (κ2) is 26.6. The average Bonchev–Trinajstić information content (AvgIpc) is 3.34. The largest absolute Gasteiger partial charge is 0.444 e. The number of carbonyl (C=O) groups is 4. The summed E-state index contributed by atoms with van der Waals surface area (Å²) in [4.78, 5) is 56.8. The fraction of sp³-hybridized carbons (Fsp3) is 0.895. The van der Waals surface area contributed by atoms with Crippen molar-refractivity contribution in [2.75, 3.05) is 19.6 Å². The summed E-state index contributed by atoms with van der Waals surface area (Å²) in [5, 5.41) is 24.8. The molecule has 49 heavy (non-hydrogen) atoms. The van der Waals surface area contributed by atoms with Gasteiger partial charge >= 0.3 is 12.1 Å². The highest BCUT2D eigenvalue weighted by molar-refractivity contribution is 6.01. The lowest BCUT2D eigenvalue weighted by molar-refractivity contribution is -0.199. The van der Waals surface area contributed by atoms with Crippen LogP contribution in [0.3, 0.4) is 0 Å². The number of hydrogen-bond donors (Lipinski definition) is 3. The Balaban J connectivity index is 2.71. The number of hydroxylamine groups is 2. The van der Waals surface area contributed by atoms with Gasteiger partial charge in [0.1, 0.15) is 11.6 Å². The normalized spacial score (nSPS) is 15.5. The van der Waals surface area contributed by atoms with Gasteiger partial charge in [-0.1, -0.05) is 110 Å². The summed E-state index contributed by atoms with van der Waals surface area (Å²) in [6, 6.07) is -1.13. The van der Waals surface area contributed by atoms with Gasteiger partial charge in [0.25, 0.3) is 11.8 Å². The highest BCUT2D eigenvalue weighted by Crippen LogP contribution is 2.17. The fourth-order valence-corrected chi connectivity index (χ4v) is 6.08. The van der Waals surface area contributed by atoms with Crippen LogP contribution in [0, 0.1) is 0 Å². The van der Waals surface area contributed by atoms with E-state index in [2.05, 4.69) is 24.1 Å².